The van der Waals surface area contributed by atoms with Gasteiger partial charge in [0, 0.05) is 6.54 Å². The standard InChI is InChI=1S/C10H21NO4/c1-9(2,3)15-8(13)11-6-5-10(4,14)7-12/h12,14H,5-7H2,1-4H3,(H,11,13)/t10-/m0/s1. The topological polar surface area (TPSA) is 78.8 Å². The van der Waals surface area contributed by atoms with Crippen molar-refractivity contribution in [2.75, 3.05) is 13.2 Å². The van der Waals surface area contributed by atoms with Crippen molar-refractivity contribution in [3.05, 3.63) is 0 Å². The van der Waals surface area contributed by atoms with Crippen LogP contribution in [0, 0.1) is 0 Å². The van der Waals surface area contributed by atoms with Crippen LogP contribution < -0.4 is 5.32 Å². The van der Waals surface area contributed by atoms with E-state index in [1.165, 1.54) is 6.92 Å². The summed E-state index contributed by atoms with van der Waals surface area (Å²) < 4.78 is 4.99. The smallest absolute Gasteiger partial charge is 0.407 e. The van der Waals surface area contributed by atoms with Crippen molar-refractivity contribution in [3.63, 3.8) is 0 Å². The van der Waals surface area contributed by atoms with E-state index in [0.717, 1.165) is 0 Å². The number of amides is 1. The summed E-state index contributed by atoms with van der Waals surface area (Å²) in [6, 6.07) is 0. The van der Waals surface area contributed by atoms with E-state index in [2.05, 4.69) is 5.32 Å². The van der Waals surface area contributed by atoms with Gasteiger partial charge in [-0.05, 0) is 34.1 Å². The van der Waals surface area contributed by atoms with E-state index >= 15 is 0 Å². The molecule has 0 aromatic carbocycles. The lowest BCUT2D eigenvalue weighted by Crippen LogP contribution is -2.37. The number of alkyl carbamates (subject to hydrolysis) is 1. The second-order valence-electron chi connectivity index (χ2n) is 4.83. The first kappa shape index (κ1) is 14.2. The van der Waals surface area contributed by atoms with Crippen molar-refractivity contribution in [2.24, 2.45) is 0 Å². The Balaban J connectivity index is 3.74. The third kappa shape index (κ3) is 8.20. The highest BCUT2D eigenvalue weighted by Gasteiger charge is 2.20. The first-order valence-corrected chi connectivity index (χ1v) is 4.96. The number of ether oxygens (including phenoxy) is 1. The number of rotatable bonds is 4. The molecule has 3 N–H and O–H groups in total. The highest BCUT2D eigenvalue weighted by molar-refractivity contribution is 5.67. The molecule has 0 bridgehead atoms. The Morgan fingerprint density at radius 2 is 1.87 bits per heavy atom. The van der Waals surface area contributed by atoms with Gasteiger partial charge in [-0.2, -0.15) is 0 Å². The molecule has 5 nitrogen and oxygen atoms in total. The Morgan fingerprint density at radius 1 is 1.33 bits per heavy atom. The minimum atomic E-state index is -1.16. The van der Waals surface area contributed by atoms with Crippen molar-refractivity contribution >= 4 is 6.09 Å². The number of carbonyl (C=O) groups excluding carboxylic acids is 1. The third-order valence-electron chi connectivity index (χ3n) is 1.67. The second-order valence-corrected chi connectivity index (χ2v) is 4.83. The van der Waals surface area contributed by atoms with Gasteiger partial charge in [-0.25, -0.2) is 4.79 Å². The van der Waals surface area contributed by atoms with E-state index in [4.69, 9.17) is 9.84 Å². The number of aliphatic hydroxyl groups is 2. The molecule has 1 atom stereocenters. The maximum absolute atomic E-state index is 11.2. The summed E-state index contributed by atoms with van der Waals surface area (Å²) in [7, 11) is 0. The first-order chi connectivity index (χ1) is 6.66. The molecule has 90 valence electrons. The fourth-order valence-electron chi connectivity index (χ4n) is 0.827. The SMILES string of the molecule is CC(C)(C)OC(=O)NCC[C@](C)(O)CO. The fourth-order valence-corrected chi connectivity index (χ4v) is 0.827. The van der Waals surface area contributed by atoms with Crippen LogP contribution in [0.3, 0.4) is 0 Å². The fraction of sp³-hybridized carbons (Fsp3) is 0.900. The summed E-state index contributed by atoms with van der Waals surface area (Å²) in [5.41, 5.74) is -1.68. The number of nitrogens with one attached hydrogen (secondary N) is 1. The molecule has 5 heteroatoms. The van der Waals surface area contributed by atoms with Crippen molar-refractivity contribution < 1.29 is 19.7 Å². The lowest BCUT2D eigenvalue weighted by molar-refractivity contribution is -0.00551. The summed E-state index contributed by atoms with van der Waals surface area (Å²) in [4.78, 5) is 11.2. The highest BCUT2D eigenvalue weighted by Crippen LogP contribution is 2.08. The van der Waals surface area contributed by atoms with Crippen LogP contribution in [-0.2, 0) is 4.74 Å². The van der Waals surface area contributed by atoms with Gasteiger partial charge in [0.1, 0.15) is 5.60 Å². The van der Waals surface area contributed by atoms with Gasteiger partial charge in [0.05, 0.1) is 12.2 Å². The van der Waals surface area contributed by atoms with Gasteiger partial charge in [0.15, 0.2) is 0 Å². The first-order valence-electron chi connectivity index (χ1n) is 4.96. The molecule has 0 saturated heterocycles. The molecule has 0 radical (unpaired) electrons. The summed E-state index contributed by atoms with van der Waals surface area (Å²) in [5, 5.41) is 20.7. The molecule has 0 aliphatic rings. The lowest BCUT2D eigenvalue weighted by Gasteiger charge is -2.22. The molecule has 0 saturated carbocycles. The molecule has 0 unspecified atom stereocenters. The number of carbonyl (C=O) groups is 1. The molecule has 0 aliphatic carbocycles. The molecule has 0 fully saturated rings. The number of hydrogen-bond acceptors (Lipinski definition) is 4. The molecule has 15 heavy (non-hydrogen) atoms. The quantitative estimate of drug-likeness (QED) is 0.648. The van der Waals surface area contributed by atoms with Gasteiger partial charge in [0.2, 0.25) is 0 Å². The maximum atomic E-state index is 11.2. The van der Waals surface area contributed by atoms with Crippen LogP contribution in [0.15, 0.2) is 0 Å². The maximum Gasteiger partial charge on any atom is 0.407 e. The normalized spacial score (nSPS) is 15.6. The minimum Gasteiger partial charge on any atom is -0.444 e. The monoisotopic (exact) mass is 219 g/mol. The molecule has 0 aromatic rings. The highest BCUT2D eigenvalue weighted by atomic mass is 16.6. The van der Waals surface area contributed by atoms with E-state index in [1.54, 1.807) is 20.8 Å². The van der Waals surface area contributed by atoms with E-state index in [-0.39, 0.29) is 19.6 Å². The van der Waals surface area contributed by atoms with Crippen LogP contribution in [0.4, 0.5) is 4.79 Å². The van der Waals surface area contributed by atoms with Crippen molar-refractivity contribution in [2.45, 2.75) is 45.3 Å². The Labute approximate surface area is 90.4 Å². The molecule has 0 aliphatic heterocycles. The predicted octanol–water partition coefficient (Wildman–Crippen LogP) is 0.644. The number of hydrogen-bond donors (Lipinski definition) is 3. The van der Waals surface area contributed by atoms with Gasteiger partial charge in [-0.3, -0.25) is 0 Å². The van der Waals surface area contributed by atoms with E-state index < -0.39 is 17.3 Å². The summed E-state index contributed by atoms with van der Waals surface area (Å²) in [6.45, 7) is 6.76. The van der Waals surface area contributed by atoms with E-state index in [9.17, 15) is 9.90 Å². The van der Waals surface area contributed by atoms with Gasteiger partial charge >= 0.3 is 6.09 Å². The van der Waals surface area contributed by atoms with E-state index in [1.807, 2.05) is 0 Å². The number of aliphatic hydroxyl groups excluding tert-OH is 1. The van der Waals surface area contributed by atoms with Crippen LogP contribution in [0.1, 0.15) is 34.1 Å². The van der Waals surface area contributed by atoms with Gasteiger partial charge in [-0.15, -0.1) is 0 Å². The van der Waals surface area contributed by atoms with Gasteiger partial charge < -0.3 is 20.3 Å². The largest absolute Gasteiger partial charge is 0.444 e. The average molecular weight is 219 g/mol. The summed E-state index contributed by atoms with van der Waals surface area (Å²) in [5.74, 6) is 0. The predicted molar refractivity (Wildman–Crippen MR) is 56.6 cm³/mol. The Hall–Kier alpha value is -0.810. The Morgan fingerprint density at radius 3 is 2.27 bits per heavy atom. The van der Waals surface area contributed by atoms with Crippen molar-refractivity contribution in [1.82, 2.24) is 5.32 Å². The van der Waals surface area contributed by atoms with Crippen LogP contribution in [-0.4, -0.2) is 40.7 Å². The zero-order valence-electron chi connectivity index (χ0n) is 9.83. The van der Waals surface area contributed by atoms with Gasteiger partial charge in [-0.1, -0.05) is 0 Å². The molecule has 0 spiro atoms. The zero-order chi connectivity index (χ0) is 12.1. The summed E-state index contributed by atoms with van der Waals surface area (Å²) >= 11 is 0. The Bertz CT molecular complexity index is 208. The van der Waals surface area contributed by atoms with Crippen LogP contribution in [0.2, 0.25) is 0 Å². The Kier molecular flexibility index (Phi) is 5.03. The molecule has 0 heterocycles. The van der Waals surface area contributed by atoms with Crippen LogP contribution in [0.5, 0.6) is 0 Å². The molecular formula is C10H21NO4. The van der Waals surface area contributed by atoms with Crippen molar-refractivity contribution in [3.8, 4) is 0 Å². The zero-order valence-corrected chi connectivity index (χ0v) is 9.83. The van der Waals surface area contributed by atoms with E-state index in [0.29, 0.717) is 0 Å². The molecule has 1 amide bonds. The molecule has 0 aromatic heterocycles. The molecular weight excluding hydrogens is 198 g/mol. The third-order valence-corrected chi connectivity index (χ3v) is 1.67. The van der Waals surface area contributed by atoms with Crippen LogP contribution in [0.25, 0.3) is 0 Å². The second kappa shape index (κ2) is 5.32. The lowest BCUT2D eigenvalue weighted by atomic mass is 10.0. The van der Waals surface area contributed by atoms with Crippen molar-refractivity contribution in [1.29, 1.82) is 0 Å². The molecule has 0 rings (SSSR count). The van der Waals surface area contributed by atoms with Crippen LogP contribution >= 0.6 is 0 Å². The minimum absolute atomic E-state index is 0.266. The average Bonchev–Trinajstić information content (AvgIpc) is 2.00. The summed E-state index contributed by atoms with van der Waals surface area (Å²) in [6.07, 6.45) is -0.237. The van der Waals surface area contributed by atoms with Gasteiger partial charge in [0.25, 0.3) is 0 Å².